The molecule has 4 heteroatoms. The molecule has 20 heavy (non-hydrogen) atoms. The fourth-order valence-corrected chi connectivity index (χ4v) is 2.72. The fraction of sp³-hybridized carbons (Fsp3) is 0.625. The predicted molar refractivity (Wildman–Crippen MR) is 83.0 cm³/mol. The fourth-order valence-electron chi connectivity index (χ4n) is 2.72. The molecule has 1 fully saturated rings. The summed E-state index contributed by atoms with van der Waals surface area (Å²) in [5.41, 5.74) is 6.79. The molecule has 4 nitrogen and oxygen atoms in total. The van der Waals surface area contributed by atoms with Crippen molar-refractivity contribution in [2.24, 2.45) is 5.73 Å². The second-order valence-corrected chi connectivity index (χ2v) is 5.72. The van der Waals surface area contributed by atoms with E-state index in [9.17, 15) is 0 Å². The van der Waals surface area contributed by atoms with E-state index in [0.29, 0.717) is 12.6 Å². The van der Waals surface area contributed by atoms with E-state index < -0.39 is 0 Å². The number of likely N-dealkylation sites (tertiary alicyclic amines) is 1. The Kier molecular flexibility index (Phi) is 5.83. The number of nitrogens with zero attached hydrogens (tertiary/aromatic N) is 2. The second kappa shape index (κ2) is 7.62. The molecule has 112 valence electrons. The zero-order valence-corrected chi connectivity index (χ0v) is 12.7. The van der Waals surface area contributed by atoms with Crippen molar-refractivity contribution in [1.82, 2.24) is 9.80 Å². The van der Waals surface area contributed by atoms with Crippen molar-refractivity contribution in [1.29, 1.82) is 0 Å². The summed E-state index contributed by atoms with van der Waals surface area (Å²) in [4.78, 5) is 4.86. The van der Waals surface area contributed by atoms with Gasteiger partial charge in [0.05, 0.1) is 6.61 Å². The van der Waals surface area contributed by atoms with Gasteiger partial charge in [-0.3, -0.25) is 0 Å². The summed E-state index contributed by atoms with van der Waals surface area (Å²) in [7, 11) is 4.34. The van der Waals surface area contributed by atoms with Crippen LogP contribution in [0.25, 0.3) is 0 Å². The van der Waals surface area contributed by atoms with Crippen molar-refractivity contribution in [3.63, 3.8) is 0 Å². The third-order valence-corrected chi connectivity index (χ3v) is 4.05. The molecule has 0 amide bonds. The molecule has 1 saturated heterocycles. The van der Waals surface area contributed by atoms with Crippen LogP contribution in [0, 0.1) is 0 Å². The molecule has 1 atom stereocenters. The van der Waals surface area contributed by atoms with Crippen molar-refractivity contribution in [3.05, 3.63) is 29.8 Å². The molecule has 0 spiro atoms. The summed E-state index contributed by atoms with van der Waals surface area (Å²) in [5.74, 6) is 0.933. The maximum Gasteiger partial charge on any atom is 0.123 e. The molecule has 0 saturated carbocycles. The first kappa shape index (κ1) is 15.3. The molecule has 1 aromatic rings. The Bertz CT molecular complexity index is 408. The van der Waals surface area contributed by atoms with E-state index in [0.717, 1.165) is 30.9 Å². The van der Waals surface area contributed by atoms with Gasteiger partial charge in [0, 0.05) is 31.2 Å². The molecule has 0 aromatic heterocycles. The molecule has 1 heterocycles. The lowest BCUT2D eigenvalue weighted by Gasteiger charge is -2.20. The minimum atomic E-state index is 0.535. The van der Waals surface area contributed by atoms with Crippen LogP contribution in [0.3, 0.4) is 0 Å². The molecular formula is C16H27N3O. The lowest BCUT2D eigenvalue weighted by molar-refractivity contribution is 0.241. The molecule has 1 unspecified atom stereocenters. The number of likely N-dealkylation sites (N-methyl/N-ethyl adjacent to an activating group) is 1. The number of ether oxygens (including phenoxy) is 1. The lowest BCUT2D eigenvalue weighted by atomic mass is 10.2. The van der Waals surface area contributed by atoms with Crippen LogP contribution >= 0.6 is 0 Å². The van der Waals surface area contributed by atoms with Crippen LogP contribution in [0.4, 0.5) is 0 Å². The number of hydrogen-bond donors (Lipinski definition) is 1. The van der Waals surface area contributed by atoms with Gasteiger partial charge in [-0.25, -0.2) is 0 Å². The van der Waals surface area contributed by atoms with Gasteiger partial charge in [-0.05, 0) is 39.5 Å². The van der Waals surface area contributed by atoms with E-state index in [1.54, 1.807) is 0 Å². The van der Waals surface area contributed by atoms with Gasteiger partial charge in [0.1, 0.15) is 5.75 Å². The standard InChI is InChI=1S/C16H27N3O/c1-18(2)15-8-10-19(13-15)9-5-11-20-16-7-4-3-6-14(16)12-17/h3-4,6-7,15H,5,8-13,17H2,1-2H3. The largest absolute Gasteiger partial charge is 0.493 e. The molecule has 0 aliphatic carbocycles. The van der Waals surface area contributed by atoms with Gasteiger partial charge >= 0.3 is 0 Å². The average Bonchev–Trinajstić information content (AvgIpc) is 2.93. The van der Waals surface area contributed by atoms with Crippen molar-refractivity contribution in [3.8, 4) is 5.75 Å². The quantitative estimate of drug-likeness (QED) is 0.768. The van der Waals surface area contributed by atoms with Crippen LogP contribution in [0.5, 0.6) is 5.75 Å². The van der Waals surface area contributed by atoms with Crippen LogP contribution in [0.1, 0.15) is 18.4 Å². The predicted octanol–water partition coefficient (Wildman–Crippen LogP) is 1.55. The van der Waals surface area contributed by atoms with E-state index in [1.165, 1.54) is 19.5 Å². The first-order valence-corrected chi connectivity index (χ1v) is 7.50. The van der Waals surface area contributed by atoms with E-state index in [-0.39, 0.29) is 0 Å². The zero-order valence-electron chi connectivity index (χ0n) is 12.7. The van der Waals surface area contributed by atoms with Crippen molar-refractivity contribution in [2.45, 2.75) is 25.4 Å². The molecule has 2 N–H and O–H groups in total. The minimum absolute atomic E-state index is 0.535. The Balaban J connectivity index is 1.67. The highest BCUT2D eigenvalue weighted by molar-refractivity contribution is 5.32. The van der Waals surface area contributed by atoms with Crippen molar-refractivity contribution >= 4 is 0 Å². The normalized spacial score (nSPS) is 19.7. The average molecular weight is 277 g/mol. The number of nitrogens with two attached hydrogens (primary N) is 1. The van der Waals surface area contributed by atoms with Crippen LogP contribution < -0.4 is 10.5 Å². The summed E-state index contributed by atoms with van der Waals surface area (Å²) in [6.45, 7) is 4.82. The van der Waals surface area contributed by atoms with E-state index in [2.05, 4.69) is 23.9 Å². The molecular weight excluding hydrogens is 250 g/mol. The summed E-state index contributed by atoms with van der Waals surface area (Å²) in [6, 6.07) is 8.74. The van der Waals surface area contributed by atoms with Gasteiger partial charge in [-0.2, -0.15) is 0 Å². The van der Waals surface area contributed by atoms with Crippen LogP contribution in [0.15, 0.2) is 24.3 Å². The monoisotopic (exact) mass is 277 g/mol. The Labute approximate surface area is 122 Å². The molecule has 0 radical (unpaired) electrons. The Morgan fingerprint density at radius 1 is 1.35 bits per heavy atom. The number of hydrogen-bond acceptors (Lipinski definition) is 4. The topological polar surface area (TPSA) is 41.7 Å². The Hall–Kier alpha value is -1.10. The van der Waals surface area contributed by atoms with Crippen molar-refractivity contribution in [2.75, 3.05) is 40.3 Å². The molecule has 0 bridgehead atoms. The number of benzene rings is 1. The van der Waals surface area contributed by atoms with Crippen LogP contribution in [-0.4, -0.2) is 56.2 Å². The van der Waals surface area contributed by atoms with Gasteiger partial charge in [-0.1, -0.05) is 18.2 Å². The first-order valence-electron chi connectivity index (χ1n) is 7.50. The number of rotatable bonds is 7. The van der Waals surface area contributed by atoms with Gasteiger partial charge in [0.25, 0.3) is 0 Å². The molecule has 1 aromatic carbocycles. The molecule has 1 aliphatic rings. The highest BCUT2D eigenvalue weighted by Gasteiger charge is 2.23. The zero-order chi connectivity index (χ0) is 14.4. The summed E-state index contributed by atoms with van der Waals surface area (Å²) < 4.78 is 5.85. The molecule has 1 aliphatic heterocycles. The van der Waals surface area contributed by atoms with Crippen molar-refractivity contribution < 1.29 is 4.74 Å². The maximum atomic E-state index is 5.85. The smallest absolute Gasteiger partial charge is 0.123 e. The highest BCUT2D eigenvalue weighted by atomic mass is 16.5. The first-order chi connectivity index (χ1) is 9.70. The SMILES string of the molecule is CN(C)C1CCN(CCCOc2ccccc2CN)C1. The highest BCUT2D eigenvalue weighted by Crippen LogP contribution is 2.17. The number of para-hydroxylation sites is 1. The van der Waals surface area contributed by atoms with E-state index >= 15 is 0 Å². The molecule has 2 rings (SSSR count). The van der Waals surface area contributed by atoms with Gasteiger partial charge in [0.15, 0.2) is 0 Å². The third kappa shape index (κ3) is 4.20. The summed E-state index contributed by atoms with van der Waals surface area (Å²) in [5, 5.41) is 0. The third-order valence-electron chi connectivity index (χ3n) is 4.05. The van der Waals surface area contributed by atoms with Gasteiger partial charge in [0.2, 0.25) is 0 Å². The van der Waals surface area contributed by atoms with Gasteiger partial charge in [-0.15, -0.1) is 0 Å². The minimum Gasteiger partial charge on any atom is -0.493 e. The van der Waals surface area contributed by atoms with E-state index in [4.69, 9.17) is 10.5 Å². The van der Waals surface area contributed by atoms with Gasteiger partial charge < -0.3 is 20.3 Å². The Morgan fingerprint density at radius 2 is 2.15 bits per heavy atom. The van der Waals surface area contributed by atoms with Crippen LogP contribution in [-0.2, 0) is 6.54 Å². The van der Waals surface area contributed by atoms with Crippen LogP contribution in [0.2, 0.25) is 0 Å². The lowest BCUT2D eigenvalue weighted by Crippen LogP contribution is -2.32. The maximum absolute atomic E-state index is 5.85. The summed E-state index contributed by atoms with van der Waals surface area (Å²) in [6.07, 6.45) is 2.35. The summed E-state index contributed by atoms with van der Waals surface area (Å²) >= 11 is 0. The second-order valence-electron chi connectivity index (χ2n) is 5.72. The Morgan fingerprint density at radius 3 is 2.85 bits per heavy atom. The van der Waals surface area contributed by atoms with E-state index in [1.807, 2.05) is 24.3 Å².